The molecule has 2 heterocycles. The second-order valence-electron chi connectivity index (χ2n) is 6.32. The van der Waals surface area contributed by atoms with Gasteiger partial charge in [-0.1, -0.05) is 29.8 Å². The summed E-state index contributed by atoms with van der Waals surface area (Å²) in [4.78, 5) is 4.70. The van der Waals surface area contributed by atoms with Crippen molar-refractivity contribution in [1.82, 2.24) is 0 Å². The molecule has 0 bridgehead atoms. The van der Waals surface area contributed by atoms with Crippen LogP contribution in [-0.2, 0) is 10.0 Å². The fraction of sp³-hybridized carbons (Fsp3) is 0.0476. The van der Waals surface area contributed by atoms with Crippen LogP contribution in [0, 0.1) is 0 Å². The Hall–Kier alpha value is -2.90. The highest BCUT2D eigenvalue weighted by Crippen LogP contribution is 2.33. The third-order valence-electron chi connectivity index (χ3n) is 4.13. The van der Waals surface area contributed by atoms with Gasteiger partial charge >= 0.3 is 0 Å². The molecule has 0 atom stereocenters. The molecule has 4 rings (SSSR count). The molecule has 0 aliphatic carbocycles. The first-order valence-electron chi connectivity index (χ1n) is 8.80. The molecule has 152 valence electrons. The number of nitrogens with two attached hydrogens (primary N) is 1. The van der Waals surface area contributed by atoms with Gasteiger partial charge in [-0.15, -0.1) is 17.5 Å². The first-order valence-corrected chi connectivity index (χ1v) is 11.6. The molecule has 0 radical (unpaired) electrons. The number of hydrogen-bond acceptors (Lipinski definition) is 6. The summed E-state index contributed by atoms with van der Waals surface area (Å²) < 4.78 is 33.9. The van der Waals surface area contributed by atoms with Crippen LogP contribution in [0.25, 0.3) is 11.0 Å². The highest BCUT2D eigenvalue weighted by molar-refractivity contribution is 7.99. The molecular weight excluding hydrogens is 442 g/mol. The SMILES string of the molecule is NC1=CC(CSc2ccc(Cl)cc2NS(=O)(=O)c2cc3ccccc3o2)=C=CC=N1. The summed E-state index contributed by atoms with van der Waals surface area (Å²) in [6.45, 7) is 0. The minimum Gasteiger partial charge on any atom is -0.443 e. The van der Waals surface area contributed by atoms with Crippen molar-refractivity contribution >= 4 is 56.3 Å². The Morgan fingerprint density at radius 2 is 2.03 bits per heavy atom. The second-order valence-corrected chi connectivity index (χ2v) is 9.39. The molecule has 0 amide bonds. The normalized spacial score (nSPS) is 13.8. The fourth-order valence-electron chi connectivity index (χ4n) is 2.76. The third kappa shape index (κ3) is 4.63. The Morgan fingerprint density at radius 3 is 2.87 bits per heavy atom. The summed E-state index contributed by atoms with van der Waals surface area (Å²) in [6, 6.07) is 13.6. The molecule has 1 aliphatic heterocycles. The lowest BCUT2D eigenvalue weighted by Crippen LogP contribution is -2.12. The molecule has 0 unspecified atom stereocenters. The number of para-hydroxylation sites is 1. The summed E-state index contributed by atoms with van der Waals surface area (Å²) >= 11 is 7.54. The maximum atomic E-state index is 12.9. The number of aliphatic imine (C=N–C) groups is 1. The number of anilines is 1. The van der Waals surface area contributed by atoms with Crippen molar-refractivity contribution in [2.75, 3.05) is 10.5 Å². The monoisotopic (exact) mass is 457 g/mol. The average molecular weight is 458 g/mol. The fourth-order valence-corrected chi connectivity index (χ4v) is 4.94. The van der Waals surface area contributed by atoms with E-state index in [1.807, 2.05) is 6.07 Å². The first-order chi connectivity index (χ1) is 14.4. The van der Waals surface area contributed by atoms with Crippen molar-refractivity contribution in [2.24, 2.45) is 10.7 Å². The van der Waals surface area contributed by atoms with Gasteiger partial charge < -0.3 is 10.2 Å². The Kier molecular flexibility index (Phi) is 5.74. The van der Waals surface area contributed by atoms with Gasteiger partial charge in [0.15, 0.2) is 0 Å². The highest BCUT2D eigenvalue weighted by Gasteiger charge is 2.21. The van der Waals surface area contributed by atoms with E-state index in [1.165, 1.54) is 17.8 Å². The number of nitrogens with one attached hydrogen (secondary N) is 1. The van der Waals surface area contributed by atoms with E-state index >= 15 is 0 Å². The number of thioether (sulfide) groups is 1. The number of fused-ring (bicyclic) bond motifs is 1. The van der Waals surface area contributed by atoms with E-state index in [0.717, 1.165) is 5.57 Å². The lowest BCUT2D eigenvalue weighted by atomic mass is 10.3. The van der Waals surface area contributed by atoms with Crippen LogP contribution in [0.4, 0.5) is 5.69 Å². The molecule has 0 saturated carbocycles. The predicted octanol–water partition coefficient (Wildman–Crippen LogP) is 4.95. The zero-order valence-electron chi connectivity index (χ0n) is 15.5. The summed E-state index contributed by atoms with van der Waals surface area (Å²) in [5, 5.41) is 0.951. The Balaban J connectivity index is 1.60. The van der Waals surface area contributed by atoms with Crippen molar-refractivity contribution in [3.05, 3.63) is 82.8 Å². The lowest BCUT2D eigenvalue weighted by molar-refractivity contribution is 0.484. The van der Waals surface area contributed by atoms with Gasteiger partial charge in [0.25, 0.3) is 10.0 Å². The van der Waals surface area contributed by atoms with Gasteiger partial charge in [-0.05, 0) is 36.4 Å². The largest absolute Gasteiger partial charge is 0.443 e. The van der Waals surface area contributed by atoms with Crippen LogP contribution in [0.15, 0.2) is 97.2 Å². The highest BCUT2D eigenvalue weighted by atomic mass is 35.5. The lowest BCUT2D eigenvalue weighted by Gasteiger charge is -2.12. The van der Waals surface area contributed by atoms with E-state index in [2.05, 4.69) is 15.4 Å². The number of benzene rings is 2. The third-order valence-corrected chi connectivity index (χ3v) is 6.70. The number of sulfonamides is 1. The van der Waals surface area contributed by atoms with Gasteiger partial charge in [0.2, 0.25) is 5.09 Å². The van der Waals surface area contributed by atoms with Crippen LogP contribution < -0.4 is 10.5 Å². The van der Waals surface area contributed by atoms with Gasteiger partial charge in [-0.2, -0.15) is 8.42 Å². The molecule has 9 heteroatoms. The number of furan rings is 1. The zero-order chi connectivity index (χ0) is 21.1. The maximum absolute atomic E-state index is 12.9. The van der Waals surface area contributed by atoms with Crippen molar-refractivity contribution < 1.29 is 12.8 Å². The number of rotatable bonds is 6. The molecule has 1 aliphatic rings. The standard InChI is InChI=1S/C21H16ClN3O3S2/c22-16-7-8-19(29-13-14-4-3-9-24-20(23)10-14)17(12-16)25-30(26,27)21-11-15-5-1-2-6-18(15)28-21/h1-3,5-12,25H,13,23H2. The Morgan fingerprint density at radius 1 is 1.20 bits per heavy atom. The zero-order valence-corrected chi connectivity index (χ0v) is 17.9. The predicted molar refractivity (Wildman–Crippen MR) is 122 cm³/mol. The van der Waals surface area contributed by atoms with E-state index in [9.17, 15) is 8.42 Å². The van der Waals surface area contributed by atoms with E-state index < -0.39 is 10.0 Å². The molecule has 3 aromatic rings. The second kappa shape index (κ2) is 8.45. The summed E-state index contributed by atoms with van der Waals surface area (Å²) in [5.74, 6) is 0.899. The van der Waals surface area contributed by atoms with Crippen LogP contribution in [0.2, 0.25) is 5.02 Å². The molecule has 6 nitrogen and oxygen atoms in total. The molecule has 30 heavy (non-hydrogen) atoms. The van der Waals surface area contributed by atoms with Gasteiger partial charge in [0, 0.05) is 38.9 Å². The van der Waals surface area contributed by atoms with Crippen molar-refractivity contribution in [3.63, 3.8) is 0 Å². The molecule has 0 spiro atoms. The van der Waals surface area contributed by atoms with Gasteiger partial charge in [0.05, 0.1) is 5.69 Å². The maximum Gasteiger partial charge on any atom is 0.295 e. The van der Waals surface area contributed by atoms with Crippen molar-refractivity contribution in [1.29, 1.82) is 0 Å². The molecule has 1 aromatic heterocycles. The Bertz CT molecular complexity index is 1320. The van der Waals surface area contributed by atoms with Crippen LogP contribution in [0.3, 0.4) is 0 Å². The minimum absolute atomic E-state index is 0.165. The van der Waals surface area contributed by atoms with Gasteiger partial charge in [0.1, 0.15) is 11.4 Å². The summed E-state index contributed by atoms with van der Waals surface area (Å²) in [5.41, 5.74) is 10.6. The van der Waals surface area contributed by atoms with Crippen molar-refractivity contribution in [3.8, 4) is 0 Å². The molecule has 2 aromatic carbocycles. The molecule has 0 saturated heterocycles. The van der Waals surface area contributed by atoms with Crippen LogP contribution in [0.1, 0.15) is 0 Å². The van der Waals surface area contributed by atoms with E-state index in [0.29, 0.717) is 38.1 Å². The number of allylic oxidation sites excluding steroid dienone is 1. The summed E-state index contributed by atoms with van der Waals surface area (Å²) in [6.07, 6.45) is 4.97. The number of nitrogens with zero attached hydrogens (tertiary/aromatic N) is 1. The topological polar surface area (TPSA) is 97.7 Å². The number of halogens is 1. The van der Waals surface area contributed by atoms with E-state index in [4.69, 9.17) is 21.8 Å². The average Bonchev–Trinajstić information content (AvgIpc) is 3.05. The molecule has 0 fully saturated rings. The van der Waals surface area contributed by atoms with Gasteiger partial charge in [-0.25, -0.2) is 4.99 Å². The van der Waals surface area contributed by atoms with Gasteiger partial charge in [-0.3, -0.25) is 4.72 Å². The molecular formula is C21H16ClN3O3S2. The Labute approximate surface area is 182 Å². The quantitative estimate of drug-likeness (QED) is 0.403. The summed E-state index contributed by atoms with van der Waals surface area (Å²) in [7, 11) is -3.94. The molecule has 3 N–H and O–H groups in total. The van der Waals surface area contributed by atoms with E-state index in [1.54, 1.807) is 54.8 Å². The number of hydrogen-bond donors (Lipinski definition) is 2. The van der Waals surface area contributed by atoms with E-state index in [-0.39, 0.29) is 5.09 Å². The van der Waals surface area contributed by atoms with Crippen molar-refractivity contribution in [2.45, 2.75) is 9.99 Å². The smallest absolute Gasteiger partial charge is 0.295 e. The first kappa shape index (κ1) is 20.4. The minimum atomic E-state index is -3.94. The van der Waals surface area contributed by atoms with Crippen LogP contribution in [-0.4, -0.2) is 20.4 Å². The van der Waals surface area contributed by atoms with Crippen LogP contribution >= 0.6 is 23.4 Å². The van der Waals surface area contributed by atoms with Crippen LogP contribution in [0.5, 0.6) is 0 Å².